The van der Waals surface area contributed by atoms with Crippen LogP contribution in [0.4, 0.5) is 39.5 Å². The van der Waals surface area contributed by atoms with Crippen molar-refractivity contribution in [2.24, 2.45) is 0 Å². The van der Waals surface area contributed by atoms with Crippen LogP contribution < -0.4 is 0 Å². The lowest BCUT2D eigenvalue weighted by atomic mass is 10.0. The van der Waals surface area contributed by atoms with Gasteiger partial charge in [-0.05, 0) is 19.3 Å². The second kappa shape index (κ2) is 22.7. The Hall–Kier alpha value is -0.720. The lowest BCUT2D eigenvalue weighted by molar-refractivity contribution is -0.283. The maximum Gasteiger partial charge on any atom is 0.438 e. The predicted octanol–water partition coefficient (Wildman–Crippen LogP) is 12.5. The van der Waals surface area contributed by atoms with Gasteiger partial charge in [0.1, 0.15) is 0 Å². The minimum absolute atomic E-state index is 0.000701. The number of unbranched alkanes of at least 4 members (excludes halogenated alkanes) is 21. The number of hydrogen-bond donors (Lipinski definition) is 0. The fraction of sp³-hybridized carbons (Fsp3) is 1.00. The fourth-order valence-electron chi connectivity index (χ4n) is 4.98. The molecule has 0 rings (SSSR count). The molecule has 0 fully saturated rings. The molecule has 0 aliphatic rings. The highest BCUT2D eigenvalue weighted by Crippen LogP contribution is 2.50. The van der Waals surface area contributed by atoms with Crippen molar-refractivity contribution in [1.82, 2.24) is 0 Å². The Morgan fingerprint density at radius 3 is 1.14 bits per heavy atom. The first-order valence-corrected chi connectivity index (χ1v) is 18.0. The van der Waals surface area contributed by atoms with E-state index in [1.807, 2.05) is 0 Å². The summed E-state index contributed by atoms with van der Waals surface area (Å²) in [5.74, 6) is -11.6. The molecule has 0 heterocycles. The van der Waals surface area contributed by atoms with Gasteiger partial charge in [-0.3, -0.25) is 4.18 Å². The van der Waals surface area contributed by atoms with Gasteiger partial charge in [-0.15, -0.1) is 0 Å². The van der Waals surface area contributed by atoms with Crippen molar-refractivity contribution in [2.45, 2.75) is 191 Å². The van der Waals surface area contributed by atoms with Gasteiger partial charge in [0.25, 0.3) is 0 Å². The highest BCUT2D eigenvalue weighted by molar-refractivity contribution is 7.87. The van der Waals surface area contributed by atoms with Crippen LogP contribution in [0.1, 0.15) is 167 Å². The van der Waals surface area contributed by atoms with Crippen molar-refractivity contribution < 1.29 is 52.1 Å². The van der Waals surface area contributed by atoms with Crippen LogP contribution in [-0.4, -0.2) is 38.3 Å². The third-order valence-electron chi connectivity index (χ3n) is 7.83. The van der Waals surface area contributed by atoms with Crippen molar-refractivity contribution in [2.75, 3.05) is 6.61 Å². The molecule has 0 N–H and O–H groups in total. The lowest BCUT2D eigenvalue weighted by Gasteiger charge is -2.31. The van der Waals surface area contributed by atoms with Gasteiger partial charge in [0.2, 0.25) is 0 Å². The molecule has 0 radical (unpaired) electrons. The van der Waals surface area contributed by atoms with Crippen LogP contribution in [0, 0.1) is 0 Å². The van der Waals surface area contributed by atoms with Gasteiger partial charge in [-0.2, -0.15) is 47.9 Å². The molecule has 0 saturated carbocycles. The summed E-state index contributed by atoms with van der Waals surface area (Å²) in [6.07, 6.45) is 10.8. The summed E-state index contributed by atoms with van der Waals surface area (Å²) in [6.45, 7) is 1.39. The van der Waals surface area contributed by atoms with Crippen LogP contribution in [0.25, 0.3) is 0 Å². The molecule has 0 amide bonds. The second-order valence-corrected chi connectivity index (χ2v) is 13.6. The maximum atomic E-state index is 14.1. The van der Waals surface area contributed by atoms with E-state index in [1.165, 1.54) is 70.6 Å². The topological polar surface area (TPSA) is 43.4 Å². The molecule has 0 saturated heterocycles. The molecule has 0 aliphatic heterocycles. The van der Waals surface area contributed by atoms with E-state index in [2.05, 4.69) is 11.1 Å². The van der Waals surface area contributed by atoms with E-state index in [0.717, 1.165) is 25.7 Å². The zero-order chi connectivity index (χ0) is 33.6. The molecule has 0 aliphatic carbocycles. The van der Waals surface area contributed by atoms with E-state index in [0.29, 0.717) is 12.8 Å². The summed E-state index contributed by atoms with van der Waals surface area (Å²) in [5, 5.41) is -6.16. The van der Waals surface area contributed by atoms with Gasteiger partial charge in [0.15, 0.2) is 0 Å². The average molecular weight is 679 g/mol. The van der Waals surface area contributed by atoms with Gasteiger partial charge < -0.3 is 0 Å². The Morgan fingerprint density at radius 2 is 0.773 bits per heavy atom. The SMILES string of the molecule is CCCCCCCCCCCCCCCCCCCCOS(=O)(=O)C(F)(F)C(F)(F)C(F)(F)CCCCCCCC(F)(F)F. The third kappa shape index (κ3) is 18.4. The van der Waals surface area contributed by atoms with Gasteiger partial charge in [0, 0.05) is 12.8 Å². The summed E-state index contributed by atoms with van der Waals surface area (Å²) in [4.78, 5) is 0. The number of hydrogen-bond acceptors (Lipinski definition) is 3. The molecule has 13 heteroatoms. The standard InChI is InChI=1S/C31H55F9O3S/c1-2-3-4-5-6-7-8-9-10-11-12-13-14-15-16-17-21-24-27-43-44(41,42)31(39,40)30(37,38)28(32,33)25-22-19-18-20-23-26-29(34,35)36/h2-27H2,1H3. The average Bonchev–Trinajstić information content (AvgIpc) is 2.92. The Morgan fingerprint density at radius 1 is 0.455 bits per heavy atom. The molecule has 3 nitrogen and oxygen atoms in total. The highest BCUT2D eigenvalue weighted by Gasteiger charge is 2.77. The largest absolute Gasteiger partial charge is 0.438 e. The molecule has 0 atom stereocenters. The lowest BCUT2D eigenvalue weighted by Crippen LogP contribution is -2.58. The van der Waals surface area contributed by atoms with Crippen LogP contribution in [-0.2, 0) is 14.3 Å². The van der Waals surface area contributed by atoms with Crippen LogP contribution in [0.3, 0.4) is 0 Å². The van der Waals surface area contributed by atoms with E-state index in [4.69, 9.17) is 0 Å². The third-order valence-corrected chi connectivity index (χ3v) is 9.19. The highest BCUT2D eigenvalue weighted by atomic mass is 32.2. The molecule has 0 aromatic heterocycles. The smallest absolute Gasteiger partial charge is 0.265 e. The monoisotopic (exact) mass is 678 g/mol. The molecule has 0 bridgehead atoms. The molecule has 44 heavy (non-hydrogen) atoms. The van der Waals surface area contributed by atoms with Crippen LogP contribution in [0.2, 0.25) is 0 Å². The summed E-state index contributed by atoms with van der Waals surface area (Å²) in [7, 11) is -6.35. The van der Waals surface area contributed by atoms with Crippen molar-refractivity contribution in [3.05, 3.63) is 0 Å². The van der Waals surface area contributed by atoms with Crippen molar-refractivity contribution >= 4 is 10.1 Å². The van der Waals surface area contributed by atoms with Crippen LogP contribution in [0.5, 0.6) is 0 Å². The summed E-state index contributed by atoms with van der Waals surface area (Å²) in [5.41, 5.74) is 0. The summed E-state index contributed by atoms with van der Waals surface area (Å²) in [6, 6.07) is 0. The Bertz CT molecular complexity index is 804. The van der Waals surface area contributed by atoms with E-state index < -0.39 is 59.3 Å². The molecular weight excluding hydrogens is 623 g/mol. The van der Waals surface area contributed by atoms with Crippen LogP contribution >= 0.6 is 0 Å². The Labute approximate surface area is 259 Å². The van der Waals surface area contributed by atoms with Gasteiger partial charge >= 0.3 is 33.4 Å². The van der Waals surface area contributed by atoms with E-state index in [9.17, 15) is 47.9 Å². The molecule has 0 aromatic rings. The quantitative estimate of drug-likeness (QED) is 0.0431. The first-order valence-electron chi connectivity index (χ1n) is 16.6. The minimum Gasteiger partial charge on any atom is -0.265 e. The maximum absolute atomic E-state index is 14.1. The molecule has 266 valence electrons. The van der Waals surface area contributed by atoms with Gasteiger partial charge in [-0.25, -0.2) is 0 Å². The van der Waals surface area contributed by atoms with Crippen LogP contribution in [0.15, 0.2) is 0 Å². The molecule has 0 unspecified atom stereocenters. The van der Waals surface area contributed by atoms with Crippen molar-refractivity contribution in [3.8, 4) is 0 Å². The normalized spacial score (nSPS) is 13.6. The zero-order valence-electron chi connectivity index (χ0n) is 26.4. The van der Waals surface area contributed by atoms with Crippen molar-refractivity contribution in [1.29, 1.82) is 0 Å². The molecule has 0 aromatic carbocycles. The fourth-order valence-corrected chi connectivity index (χ4v) is 5.92. The first-order chi connectivity index (χ1) is 20.5. The Balaban J connectivity index is 4.08. The Kier molecular flexibility index (Phi) is 22.4. The number of halogens is 9. The van der Waals surface area contributed by atoms with Gasteiger partial charge in [0.05, 0.1) is 6.61 Å². The van der Waals surface area contributed by atoms with E-state index in [1.54, 1.807) is 0 Å². The van der Waals surface area contributed by atoms with E-state index >= 15 is 0 Å². The molecule has 0 spiro atoms. The van der Waals surface area contributed by atoms with Crippen molar-refractivity contribution in [3.63, 3.8) is 0 Å². The van der Waals surface area contributed by atoms with E-state index in [-0.39, 0.29) is 32.1 Å². The van der Waals surface area contributed by atoms with Gasteiger partial charge in [-0.1, -0.05) is 135 Å². The minimum atomic E-state index is -6.35. The zero-order valence-corrected chi connectivity index (χ0v) is 27.2. The second-order valence-electron chi connectivity index (χ2n) is 12.0. The summed E-state index contributed by atoms with van der Waals surface area (Å²) >= 11 is 0. The number of rotatable bonds is 30. The molecular formula is C31H55F9O3S. The number of alkyl halides is 9. The first kappa shape index (κ1) is 43.3. The summed E-state index contributed by atoms with van der Waals surface area (Å²) < 4.78 is 148. The predicted molar refractivity (Wildman–Crippen MR) is 157 cm³/mol.